The summed E-state index contributed by atoms with van der Waals surface area (Å²) in [6, 6.07) is 12.1. The zero-order valence-electron chi connectivity index (χ0n) is 25.0. The Morgan fingerprint density at radius 2 is 2.09 bits per heavy atom. The number of benzene rings is 2. The highest BCUT2D eigenvalue weighted by atomic mass is 35.5. The number of imidazole rings is 1. The lowest BCUT2D eigenvalue weighted by Gasteiger charge is -2.26. The maximum absolute atomic E-state index is 14.0. The molecule has 3 aromatic heterocycles. The molecule has 5 aromatic rings. The van der Waals surface area contributed by atoms with Crippen molar-refractivity contribution in [1.82, 2.24) is 29.6 Å². The van der Waals surface area contributed by atoms with Gasteiger partial charge >= 0.3 is 0 Å². The van der Waals surface area contributed by atoms with Gasteiger partial charge in [0.1, 0.15) is 23.0 Å². The van der Waals surface area contributed by atoms with Gasteiger partial charge in [-0.05, 0) is 80.1 Å². The van der Waals surface area contributed by atoms with E-state index in [1.165, 1.54) is 6.07 Å². The van der Waals surface area contributed by atoms with Crippen molar-refractivity contribution in [1.29, 1.82) is 0 Å². The Hall–Kier alpha value is -4.93. The Balaban J connectivity index is 1.09. The molecule has 6 rings (SSSR count). The van der Waals surface area contributed by atoms with Gasteiger partial charge in [-0.1, -0.05) is 35.9 Å². The van der Waals surface area contributed by atoms with Gasteiger partial charge in [-0.2, -0.15) is 5.10 Å². The number of halogens is 2. The molecule has 0 unspecified atom stereocenters. The molecular weight excluding hydrogens is 591 g/mol. The average molecular weight is 623 g/mol. The first-order valence-electron chi connectivity index (χ1n) is 14.6. The minimum absolute atomic E-state index is 0.252. The molecule has 0 saturated heterocycles. The number of rotatable bonds is 9. The van der Waals surface area contributed by atoms with Crippen molar-refractivity contribution in [3.63, 3.8) is 0 Å². The van der Waals surface area contributed by atoms with Crippen molar-refractivity contribution in [3.8, 4) is 0 Å². The Bertz CT molecular complexity index is 2020. The maximum atomic E-state index is 14.0. The number of anilines is 1. The zero-order valence-corrected chi connectivity index (χ0v) is 25.8. The zero-order chi connectivity index (χ0) is 31.5. The van der Waals surface area contributed by atoms with Crippen LogP contribution in [0, 0.1) is 12.7 Å². The molecule has 11 heteroatoms. The summed E-state index contributed by atoms with van der Waals surface area (Å²) in [4.78, 5) is 28.8. The number of aromatic nitrogens is 5. The van der Waals surface area contributed by atoms with Crippen molar-refractivity contribution in [2.24, 2.45) is 12.0 Å². The summed E-state index contributed by atoms with van der Waals surface area (Å²) in [5, 5.41) is 11.3. The first-order valence-corrected chi connectivity index (χ1v) is 14.9. The van der Waals surface area contributed by atoms with E-state index in [0.717, 1.165) is 64.2 Å². The number of aliphatic imine (C=N–C) groups is 1. The molecule has 2 N–H and O–H groups in total. The van der Waals surface area contributed by atoms with Gasteiger partial charge < -0.3 is 9.88 Å². The van der Waals surface area contributed by atoms with Crippen molar-refractivity contribution in [2.45, 2.75) is 26.3 Å². The molecule has 2 aromatic carbocycles. The number of fused-ring (bicyclic) bond motifs is 2. The van der Waals surface area contributed by atoms with Crippen LogP contribution >= 0.6 is 11.6 Å². The Labute approximate surface area is 264 Å². The second-order valence-corrected chi connectivity index (χ2v) is 11.4. The van der Waals surface area contributed by atoms with Gasteiger partial charge in [-0.15, -0.1) is 0 Å². The molecule has 0 bridgehead atoms. The largest absolute Gasteiger partial charge is 0.330 e. The lowest BCUT2D eigenvalue weighted by atomic mass is 10.0. The Kier molecular flexibility index (Phi) is 8.68. The van der Waals surface area contributed by atoms with Gasteiger partial charge in [0.15, 0.2) is 0 Å². The molecular formula is C34H32ClFN8O. The highest BCUT2D eigenvalue weighted by Crippen LogP contribution is 2.24. The predicted molar refractivity (Wildman–Crippen MR) is 177 cm³/mol. The molecule has 1 aliphatic rings. The second-order valence-electron chi connectivity index (χ2n) is 11.0. The average Bonchev–Trinajstić information content (AvgIpc) is 3.56. The minimum Gasteiger partial charge on any atom is -0.330 e. The van der Waals surface area contributed by atoms with Crippen molar-refractivity contribution in [3.05, 3.63) is 118 Å². The van der Waals surface area contributed by atoms with Crippen LogP contribution in [-0.2, 0) is 20.0 Å². The van der Waals surface area contributed by atoms with Crippen LogP contribution in [-0.4, -0.2) is 55.3 Å². The smallest absolute Gasteiger partial charge is 0.256 e. The van der Waals surface area contributed by atoms with Gasteiger partial charge in [-0.3, -0.25) is 19.8 Å². The van der Waals surface area contributed by atoms with Gasteiger partial charge in [0.25, 0.3) is 5.91 Å². The molecule has 0 radical (unpaired) electrons. The first-order chi connectivity index (χ1) is 21.8. The molecule has 0 saturated carbocycles. The normalized spacial score (nSPS) is 14.4. The highest BCUT2D eigenvalue weighted by molar-refractivity contribution is 6.30. The minimum atomic E-state index is -0.313. The van der Waals surface area contributed by atoms with E-state index in [1.54, 1.807) is 24.4 Å². The van der Waals surface area contributed by atoms with Crippen LogP contribution in [0.4, 0.5) is 10.2 Å². The molecule has 0 aliphatic carbocycles. The van der Waals surface area contributed by atoms with Crippen molar-refractivity contribution >= 4 is 52.0 Å². The van der Waals surface area contributed by atoms with Crippen molar-refractivity contribution < 1.29 is 9.18 Å². The second kappa shape index (κ2) is 13.0. The van der Waals surface area contributed by atoms with E-state index >= 15 is 0 Å². The number of H-pyrrole nitrogens is 1. The van der Waals surface area contributed by atoms with Gasteiger partial charge in [0.2, 0.25) is 0 Å². The van der Waals surface area contributed by atoms with E-state index in [1.807, 2.05) is 50.4 Å². The van der Waals surface area contributed by atoms with Gasteiger partial charge in [0.05, 0.1) is 29.5 Å². The van der Waals surface area contributed by atoms with Crippen LogP contribution < -0.4 is 5.32 Å². The highest BCUT2D eigenvalue weighted by Gasteiger charge is 2.18. The van der Waals surface area contributed by atoms with Crippen LogP contribution in [0.2, 0.25) is 5.02 Å². The van der Waals surface area contributed by atoms with Crippen LogP contribution in [0.15, 0.2) is 89.2 Å². The lowest BCUT2D eigenvalue weighted by molar-refractivity contribution is 0.102. The summed E-state index contributed by atoms with van der Waals surface area (Å²) in [6.07, 6.45) is 10.8. The summed E-state index contributed by atoms with van der Waals surface area (Å²) in [5.74, 6) is 0.812. The fraction of sp³-hybridized carbons (Fsp3) is 0.206. The number of allylic oxidation sites excluding steroid dienone is 4. The van der Waals surface area contributed by atoms with Gasteiger partial charge in [-0.25, -0.2) is 14.4 Å². The lowest BCUT2D eigenvalue weighted by Crippen LogP contribution is -2.29. The number of carbonyl (C=O) groups is 1. The maximum Gasteiger partial charge on any atom is 0.256 e. The fourth-order valence-corrected chi connectivity index (χ4v) is 5.58. The number of aryl methyl sites for hydroxylation is 2. The number of amides is 1. The van der Waals surface area contributed by atoms with Crippen LogP contribution in [0.25, 0.3) is 21.9 Å². The van der Waals surface area contributed by atoms with E-state index < -0.39 is 0 Å². The van der Waals surface area contributed by atoms with E-state index in [4.69, 9.17) is 16.6 Å². The third-order valence-electron chi connectivity index (χ3n) is 8.01. The number of hydrogen-bond donors (Lipinski definition) is 2. The summed E-state index contributed by atoms with van der Waals surface area (Å²) in [5.41, 5.74) is 6.40. The summed E-state index contributed by atoms with van der Waals surface area (Å²) >= 11 is 5.84. The fourth-order valence-electron chi connectivity index (χ4n) is 5.42. The molecule has 45 heavy (non-hydrogen) atoms. The SMILES string of the molecule is C=N/C(=C\C=C/Cc1ccc(Cl)cc1F)C1=CCN(Cc2nc3cc(C(=O)Nc4cc5c(C)[nH]nc5cn4)ccc3n2C)CC1. The van der Waals surface area contributed by atoms with Gasteiger partial charge in [0, 0.05) is 41.8 Å². The Morgan fingerprint density at radius 1 is 1.22 bits per heavy atom. The molecule has 0 fully saturated rings. The third-order valence-corrected chi connectivity index (χ3v) is 8.24. The molecule has 0 atom stereocenters. The monoisotopic (exact) mass is 622 g/mol. The third kappa shape index (κ3) is 6.62. The van der Waals surface area contributed by atoms with E-state index in [-0.39, 0.29) is 11.7 Å². The van der Waals surface area contributed by atoms with Crippen molar-refractivity contribution in [2.75, 3.05) is 18.4 Å². The number of hydrogen-bond acceptors (Lipinski definition) is 6. The van der Waals surface area contributed by atoms with Crippen LogP contribution in [0.1, 0.15) is 33.9 Å². The molecule has 0 spiro atoms. The number of nitrogens with zero attached hydrogens (tertiary/aromatic N) is 6. The Morgan fingerprint density at radius 3 is 2.87 bits per heavy atom. The first kappa shape index (κ1) is 30.1. The van der Waals surface area contributed by atoms with Crippen LogP contribution in [0.3, 0.4) is 0 Å². The quantitative estimate of drug-likeness (QED) is 0.140. The van der Waals surface area contributed by atoms with E-state index in [9.17, 15) is 9.18 Å². The van der Waals surface area contributed by atoms with Crippen LogP contribution in [0.5, 0.6) is 0 Å². The topological polar surface area (TPSA) is 104 Å². The molecule has 9 nitrogen and oxygen atoms in total. The standard InChI is InChI=1S/C34H32ClFN8O/c1-21-26-18-32(38-19-30(26)42-41-21)40-34(45)24-9-11-31-29(16-24)39-33(43(31)3)20-44-14-12-23(13-15-44)28(37-2)7-5-4-6-22-8-10-25(35)17-27(22)36/h4-5,7-12,16-19H,2,6,13-15,20H2,1,3H3,(H,41,42)(H,38,40,45)/b5-4-,28-7-. The molecule has 1 amide bonds. The summed E-state index contributed by atoms with van der Waals surface area (Å²) in [6.45, 7) is 7.91. The van der Waals surface area contributed by atoms with E-state index in [0.29, 0.717) is 34.9 Å². The molecule has 228 valence electrons. The van der Waals surface area contributed by atoms with E-state index in [2.05, 4.69) is 47.8 Å². The number of pyridine rings is 1. The predicted octanol–water partition coefficient (Wildman–Crippen LogP) is 6.71. The summed E-state index contributed by atoms with van der Waals surface area (Å²) < 4.78 is 16.1. The molecule has 1 aliphatic heterocycles. The molecule has 4 heterocycles. The number of aromatic amines is 1. The summed E-state index contributed by atoms with van der Waals surface area (Å²) in [7, 11) is 1.99. The number of nitrogens with one attached hydrogen (secondary N) is 2. The number of carbonyl (C=O) groups excluding carboxylic acids is 1.